The average Bonchev–Trinajstić information content (AvgIpc) is 3.00. The van der Waals surface area contributed by atoms with Gasteiger partial charge in [0.15, 0.2) is 0 Å². The van der Waals surface area contributed by atoms with Gasteiger partial charge in [0.25, 0.3) is 0 Å². The van der Waals surface area contributed by atoms with E-state index in [0.29, 0.717) is 0 Å². The summed E-state index contributed by atoms with van der Waals surface area (Å²) in [6.07, 6.45) is 3.59. The standard InChI is InChI=1S/C23H15N3/c1-14-17-8-4-5-9-20(17)26-21-11-16-7-3-2-6-15(16)10-18(21)22-19(23(14)26)12-24-13-25-22/h2-13H,1H3. The number of para-hydroxylation sites is 1. The lowest BCUT2D eigenvalue weighted by Gasteiger charge is -2.11. The zero-order valence-electron chi connectivity index (χ0n) is 14.3. The van der Waals surface area contributed by atoms with Crippen molar-refractivity contribution in [3.05, 3.63) is 78.8 Å². The molecule has 0 fully saturated rings. The number of aryl methyl sites for hydroxylation is 1. The molecule has 26 heavy (non-hydrogen) atoms. The van der Waals surface area contributed by atoms with Crippen molar-refractivity contribution in [1.82, 2.24) is 14.4 Å². The van der Waals surface area contributed by atoms with Crippen LogP contribution in [-0.4, -0.2) is 14.4 Å². The monoisotopic (exact) mass is 333 g/mol. The molecule has 3 aromatic carbocycles. The fourth-order valence-electron chi connectivity index (χ4n) is 4.29. The van der Waals surface area contributed by atoms with Crippen LogP contribution in [-0.2, 0) is 0 Å². The van der Waals surface area contributed by atoms with Crippen LogP contribution in [0, 0.1) is 6.92 Å². The van der Waals surface area contributed by atoms with Gasteiger partial charge in [0.2, 0.25) is 0 Å². The molecule has 0 bridgehead atoms. The van der Waals surface area contributed by atoms with Gasteiger partial charge in [-0.15, -0.1) is 0 Å². The first-order valence-electron chi connectivity index (χ1n) is 8.77. The van der Waals surface area contributed by atoms with Crippen molar-refractivity contribution in [2.24, 2.45) is 0 Å². The Labute approximate surface area is 149 Å². The van der Waals surface area contributed by atoms with Gasteiger partial charge in [-0.25, -0.2) is 9.97 Å². The van der Waals surface area contributed by atoms with Crippen LogP contribution in [0.2, 0.25) is 0 Å². The van der Waals surface area contributed by atoms with E-state index in [0.717, 1.165) is 16.3 Å². The SMILES string of the molecule is Cc1c2ccccc2n2c3cc4ccccc4cc3c3ncncc3c12. The first-order valence-corrected chi connectivity index (χ1v) is 8.77. The highest BCUT2D eigenvalue weighted by molar-refractivity contribution is 6.17. The lowest BCUT2D eigenvalue weighted by molar-refractivity contribution is 1.22. The largest absolute Gasteiger partial charge is 0.308 e. The van der Waals surface area contributed by atoms with Crippen molar-refractivity contribution in [3.63, 3.8) is 0 Å². The topological polar surface area (TPSA) is 30.2 Å². The molecule has 0 N–H and O–H groups in total. The van der Waals surface area contributed by atoms with E-state index in [2.05, 4.69) is 82.0 Å². The first-order chi connectivity index (χ1) is 12.8. The van der Waals surface area contributed by atoms with E-state index in [1.807, 2.05) is 6.20 Å². The van der Waals surface area contributed by atoms with E-state index < -0.39 is 0 Å². The maximum atomic E-state index is 4.65. The molecule has 0 spiro atoms. The molecule has 3 nitrogen and oxygen atoms in total. The summed E-state index contributed by atoms with van der Waals surface area (Å²) in [6, 6.07) is 21.6. The number of benzene rings is 3. The van der Waals surface area contributed by atoms with Crippen molar-refractivity contribution in [1.29, 1.82) is 0 Å². The molecule has 0 aliphatic carbocycles. The highest BCUT2D eigenvalue weighted by Crippen LogP contribution is 2.37. The van der Waals surface area contributed by atoms with Crippen LogP contribution in [0.25, 0.3) is 49.0 Å². The molecular formula is C23H15N3. The zero-order valence-corrected chi connectivity index (χ0v) is 14.3. The van der Waals surface area contributed by atoms with Crippen LogP contribution in [0.5, 0.6) is 0 Å². The van der Waals surface area contributed by atoms with Gasteiger partial charge in [-0.05, 0) is 41.5 Å². The number of hydrogen-bond donors (Lipinski definition) is 0. The molecule has 0 unspecified atom stereocenters. The molecule has 3 heteroatoms. The Morgan fingerprint density at radius 1 is 0.769 bits per heavy atom. The molecule has 0 saturated heterocycles. The van der Waals surface area contributed by atoms with Gasteiger partial charge in [-0.3, -0.25) is 0 Å². The molecule has 0 amide bonds. The van der Waals surface area contributed by atoms with E-state index in [1.165, 1.54) is 38.3 Å². The Balaban J connectivity index is 2.05. The Bertz CT molecular complexity index is 1490. The molecule has 3 aromatic heterocycles. The Morgan fingerprint density at radius 3 is 2.42 bits per heavy atom. The predicted octanol–water partition coefficient (Wildman–Crippen LogP) is 5.65. The maximum absolute atomic E-state index is 4.65. The van der Waals surface area contributed by atoms with Crippen molar-refractivity contribution in [3.8, 4) is 0 Å². The summed E-state index contributed by atoms with van der Waals surface area (Å²) in [5.74, 6) is 0. The van der Waals surface area contributed by atoms with Gasteiger partial charge in [0, 0.05) is 22.4 Å². The normalized spacial score (nSPS) is 12.0. The Kier molecular flexibility index (Phi) is 2.54. The van der Waals surface area contributed by atoms with Crippen LogP contribution >= 0.6 is 0 Å². The van der Waals surface area contributed by atoms with Gasteiger partial charge in [-0.2, -0.15) is 0 Å². The third kappa shape index (κ3) is 1.62. The summed E-state index contributed by atoms with van der Waals surface area (Å²) >= 11 is 0. The van der Waals surface area contributed by atoms with Crippen LogP contribution in [0.1, 0.15) is 5.56 Å². The van der Waals surface area contributed by atoms with Crippen LogP contribution in [0.4, 0.5) is 0 Å². The highest BCUT2D eigenvalue weighted by Gasteiger charge is 2.16. The van der Waals surface area contributed by atoms with Gasteiger partial charge >= 0.3 is 0 Å². The number of pyridine rings is 1. The second kappa shape index (κ2) is 4.79. The van der Waals surface area contributed by atoms with E-state index in [9.17, 15) is 0 Å². The second-order valence-corrected chi connectivity index (χ2v) is 6.83. The molecular weight excluding hydrogens is 318 g/mol. The summed E-state index contributed by atoms with van der Waals surface area (Å²) in [4.78, 5) is 8.97. The Morgan fingerprint density at radius 2 is 1.54 bits per heavy atom. The Hall–Kier alpha value is -3.46. The van der Waals surface area contributed by atoms with Crippen molar-refractivity contribution in [2.45, 2.75) is 6.92 Å². The molecule has 6 rings (SSSR count). The number of fused-ring (bicyclic) bond motifs is 9. The molecule has 0 aliphatic heterocycles. The van der Waals surface area contributed by atoms with Gasteiger partial charge in [0.05, 0.1) is 22.1 Å². The van der Waals surface area contributed by atoms with Crippen LogP contribution in [0.3, 0.4) is 0 Å². The minimum Gasteiger partial charge on any atom is -0.308 e. The van der Waals surface area contributed by atoms with E-state index in [-0.39, 0.29) is 0 Å². The lowest BCUT2D eigenvalue weighted by atomic mass is 10.0. The molecule has 122 valence electrons. The minimum absolute atomic E-state index is 1.01. The van der Waals surface area contributed by atoms with Crippen molar-refractivity contribution in [2.75, 3.05) is 0 Å². The summed E-state index contributed by atoms with van der Waals surface area (Å²) in [7, 11) is 0. The predicted molar refractivity (Wildman–Crippen MR) is 108 cm³/mol. The smallest absolute Gasteiger partial charge is 0.116 e. The molecule has 0 radical (unpaired) electrons. The average molecular weight is 333 g/mol. The van der Waals surface area contributed by atoms with Gasteiger partial charge < -0.3 is 4.40 Å². The highest BCUT2D eigenvalue weighted by atomic mass is 14.9. The van der Waals surface area contributed by atoms with Crippen molar-refractivity contribution < 1.29 is 0 Å². The quantitative estimate of drug-likeness (QED) is 0.265. The zero-order chi connectivity index (χ0) is 17.3. The van der Waals surface area contributed by atoms with Crippen molar-refractivity contribution >= 4 is 49.0 Å². The van der Waals surface area contributed by atoms with Crippen LogP contribution < -0.4 is 0 Å². The molecule has 0 saturated carbocycles. The van der Waals surface area contributed by atoms with Crippen LogP contribution in [0.15, 0.2) is 73.2 Å². The third-order valence-corrected chi connectivity index (χ3v) is 5.46. The van der Waals surface area contributed by atoms with E-state index in [4.69, 9.17) is 0 Å². The van der Waals surface area contributed by atoms with E-state index in [1.54, 1.807) is 6.33 Å². The number of rotatable bonds is 0. The second-order valence-electron chi connectivity index (χ2n) is 6.83. The summed E-state index contributed by atoms with van der Waals surface area (Å²) in [5.41, 5.74) is 5.90. The summed E-state index contributed by atoms with van der Waals surface area (Å²) in [6.45, 7) is 2.19. The summed E-state index contributed by atoms with van der Waals surface area (Å²) < 4.78 is 2.37. The lowest BCUT2D eigenvalue weighted by Crippen LogP contribution is -1.94. The fraction of sp³-hybridized carbons (Fsp3) is 0.0435. The molecule has 6 aromatic rings. The van der Waals surface area contributed by atoms with Gasteiger partial charge in [-0.1, -0.05) is 42.5 Å². The molecule has 3 heterocycles. The number of nitrogens with zero attached hydrogens (tertiary/aromatic N) is 3. The fourth-order valence-corrected chi connectivity index (χ4v) is 4.29. The number of hydrogen-bond acceptors (Lipinski definition) is 2. The minimum atomic E-state index is 1.01. The maximum Gasteiger partial charge on any atom is 0.116 e. The van der Waals surface area contributed by atoms with Gasteiger partial charge in [0.1, 0.15) is 6.33 Å². The number of aromatic nitrogens is 3. The third-order valence-electron chi connectivity index (χ3n) is 5.46. The molecule has 0 aliphatic rings. The van der Waals surface area contributed by atoms with E-state index >= 15 is 0 Å². The first kappa shape index (κ1) is 13.8. The molecule has 0 atom stereocenters. The summed E-state index contributed by atoms with van der Waals surface area (Å²) in [5, 5.41) is 6.01.